The van der Waals surface area contributed by atoms with E-state index < -0.39 is 5.60 Å². The number of amides is 1. The van der Waals surface area contributed by atoms with Crippen molar-refractivity contribution in [3.8, 4) is 0 Å². The number of nitrogens with zero attached hydrogens (tertiary/aromatic N) is 1. The molecule has 4 nitrogen and oxygen atoms in total. The van der Waals surface area contributed by atoms with Crippen molar-refractivity contribution in [2.45, 2.75) is 90.4 Å². The van der Waals surface area contributed by atoms with Crippen molar-refractivity contribution in [3.05, 3.63) is 29.3 Å². The summed E-state index contributed by atoms with van der Waals surface area (Å²) in [5, 5.41) is 3.80. The summed E-state index contributed by atoms with van der Waals surface area (Å²) in [6.07, 6.45) is 5.10. The lowest BCUT2D eigenvalue weighted by molar-refractivity contribution is 0.00683. The number of aryl methyl sites for hydroxylation is 2. The highest BCUT2D eigenvalue weighted by atomic mass is 16.6. The van der Waals surface area contributed by atoms with Gasteiger partial charge in [-0.1, -0.05) is 25.1 Å². The molecule has 1 aromatic rings. The molecule has 0 radical (unpaired) electrons. The number of rotatable bonds is 3. The Morgan fingerprint density at radius 2 is 1.88 bits per heavy atom. The number of benzene rings is 1. The molecule has 0 aliphatic carbocycles. The zero-order chi connectivity index (χ0) is 18.2. The lowest BCUT2D eigenvalue weighted by Crippen LogP contribution is -2.51. The number of hydrogen-bond acceptors (Lipinski definition) is 3. The number of ether oxygens (including phenoxy) is 1. The Bertz CT molecular complexity index is 621. The minimum absolute atomic E-state index is 0.136. The second-order valence-corrected chi connectivity index (χ2v) is 8.55. The van der Waals surface area contributed by atoms with Crippen LogP contribution < -0.4 is 5.32 Å². The van der Waals surface area contributed by atoms with Gasteiger partial charge in [0.25, 0.3) is 0 Å². The Morgan fingerprint density at radius 1 is 1.24 bits per heavy atom. The summed E-state index contributed by atoms with van der Waals surface area (Å²) in [5.41, 5.74) is 3.55. The summed E-state index contributed by atoms with van der Waals surface area (Å²) in [4.78, 5) is 14.6. The lowest BCUT2D eigenvalue weighted by atomic mass is 9.96. The van der Waals surface area contributed by atoms with Gasteiger partial charge in [-0.2, -0.15) is 0 Å². The number of carbonyl (C=O) groups excluding carboxylic acids is 1. The van der Waals surface area contributed by atoms with Gasteiger partial charge in [-0.3, -0.25) is 0 Å². The van der Waals surface area contributed by atoms with Crippen LogP contribution in [0.3, 0.4) is 0 Å². The van der Waals surface area contributed by atoms with E-state index >= 15 is 0 Å². The van der Waals surface area contributed by atoms with Crippen LogP contribution in [0, 0.1) is 6.92 Å². The molecule has 1 N–H and O–H groups in total. The van der Waals surface area contributed by atoms with Crippen molar-refractivity contribution >= 4 is 11.8 Å². The molecule has 4 heteroatoms. The zero-order valence-electron chi connectivity index (χ0n) is 16.3. The average molecular weight is 344 g/mol. The minimum atomic E-state index is -0.428. The van der Waals surface area contributed by atoms with Crippen LogP contribution >= 0.6 is 0 Å². The number of piperidine rings is 1. The maximum atomic E-state index is 12.6. The molecule has 2 unspecified atom stereocenters. The van der Waals surface area contributed by atoms with Crippen LogP contribution in [0.15, 0.2) is 18.2 Å². The molecular weight excluding hydrogens is 312 g/mol. The maximum Gasteiger partial charge on any atom is 0.410 e. The topological polar surface area (TPSA) is 41.6 Å². The normalized spacial score (nSPS) is 25.8. The Balaban J connectivity index is 1.69. The van der Waals surface area contributed by atoms with E-state index in [1.54, 1.807) is 0 Å². The van der Waals surface area contributed by atoms with Crippen molar-refractivity contribution in [1.29, 1.82) is 0 Å². The second-order valence-electron chi connectivity index (χ2n) is 8.55. The second kappa shape index (κ2) is 6.89. The quantitative estimate of drug-likeness (QED) is 0.848. The molecule has 138 valence electrons. The highest BCUT2D eigenvalue weighted by molar-refractivity contribution is 5.70. The summed E-state index contributed by atoms with van der Waals surface area (Å²) in [7, 11) is 0. The number of nitrogens with one attached hydrogen (secondary N) is 1. The molecule has 2 aliphatic rings. The van der Waals surface area contributed by atoms with Gasteiger partial charge in [-0.25, -0.2) is 4.79 Å². The predicted molar refractivity (Wildman–Crippen MR) is 102 cm³/mol. The van der Waals surface area contributed by atoms with Crippen LogP contribution in [0.25, 0.3) is 0 Å². The minimum Gasteiger partial charge on any atom is -0.444 e. The first-order valence-electron chi connectivity index (χ1n) is 9.65. The molecule has 2 fully saturated rings. The third-order valence-electron chi connectivity index (χ3n) is 5.43. The fraction of sp³-hybridized carbons (Fsp3) is 0.667. The van der Waals surface area contributed by atoms with E-state index in [1.807, 2.05) is 25.7 Å². The summed E-state index contributed by atoms with van der Waals surface area (Å²) in [6, 6.07) is 7.56. The van der Waals surface area contributed by atoms with Crippen molar-refractivity contribution in [3.63, 3.8) is 0 Å². The zero-order valence-corrected chi connectivity index (χ0v) is 16.3. The van der Waals surface area contributed by atoms with Gasteiger partial charge in [0.2, 0.25) is 0 Å². The van der Waals surface area contributed by atoms with E-state index in [2.05, 4.69) is 37.4 Å². The van der Waals surface area contributed by atoms with Gasteiger partial charge < -0.3 is 15.0 Å². The van der Waals surface area contributed by atoms with Gasteiger partial charge in [0.05, 0.1) is 0 Å². The molecule has 1 amide bonds. The Hall–Kier alpha value is -1.71. The highest BCUT2D eigenvalue weighted by Crippen LogP contribution is 2.38. The van der Waals surface area contributed by atoms with Gasteiger partial charge >= 0.3 is 6.09 Å². The lowest BCUT2D eigenvalue weighted by Gasteiger charge is -2.40. The first kappa shape index (κ1) is 18.1. The summed E-state index contributed by atoms with van der Waals surface area (Å²) in [6.45, 7) is 10.2. The molecule has 25 heavy (non-hydrogen) atoms. The van der Waals surface area contributed by atoms with E-state index in [9.17, 15) is 4.79 Å². The van der Waals surface area contributed by atoms with Crippen LogP contribution in [-0.4, -0.2) is 34.7 Å². The molecule has 2 saturated heterocycles. The number of para-hydroxylation sites is 1. The van der Waals surface area contributed by atoms with E-state index in [4.69, 9.17) is 4.74 Å². The molecular formula is C21H32N2O2. The molecule has 3 rings (SSSR count). The molecule has 0 saturated carbocycles. The van der Waals surface area contributed by atoms with Gasteiger partial charge in [-0.15, -0.1) is 0 Å². The standard InChI is InChI=1S/C21H32N2O2/c1-6-15-9-7-8-14(2)19(15)22-16-12-17-10-11-18(13-16)23(17)20(24)25-21(3,4)5/h7-9,16-18,22H,6,10-13H2,1-5H3. The smallest absolute Gasteiger partial charge is 0.410 e. The average Bonchev–Trinajstić information content (AvgIpc) is 2.79. The van der Waals surface area contributed by atoms with E-state index in [0.29, 0.717) is 18.1 Å². The van der Waals surface area contributed by atoms with Gasteiger partial charge in [0, 0.05) is 23.8 Å². The third-order valence-corrected chi connectivity index (χ3v) is 5.43. The van der Waals surface area contributed by atoms with Crippen LogP contribution in [0.1, 0.15) is 64.5 Å². The third kappa shape index (κ3) is 3.94. The largest absolute Gasteiger partial charge is 0.444 e. The molecule has 0 aromatic heterocycles. The fourth-order valence-corrected chi connectivity index (χ4v) is 4.34. The van der Waals surface area contributed by atoms with Crippen LogP contribution in [0.5, 0.6) is 0 Å². The van der Waals surface area contributed by atoms with Gasteiger partial charge in [0.1, 0.15) is 5.60 Å². The summed E-state index contributed by atoms with van der Waals surface area (Å²) < 4.78 is 5.63. The highest BCUT2D eigenvalue weighted by Gasteiger charge is 2.44. The first-order valence-corrected chi connectivity index (χ1v) is 9.65. The fourth-order valence-electron chi connectivity index (χ4n) is 4.34. The first-order chi connectivity index (χ1) is 11.8. The molecule has 1 aromatic carbocycles. The molecule has 2 atom stereocenters. The Labute approximate surface area is 151 Å². The van der Waals surface area contributed by atoms with Crippen LogP contribution in [0.4, 0.5) is 10.5 Å². The molecule has 2 bridgehead atoms. The SMILES string of the molecule is CCc1cccc(C)c1NC1CC2CCC(C1)N2C(=O)OC(C)(C)C. The van der Waals surface area contributed by atoms with Gasteiger partial charge in [0.15, 0.2) is 0 Å². The monoisotopic (exact) mass is 344 g/mol. The predicted octanol–water partition coefficient (Wildman–Crippen LogP) is 4.90. The number of fused-ring (bicyclic) bond motifs is 2. The van der Waals surface area contributed by atoms with Crippen molar-refractivity contribution < 1.29 is 9.53 Å². The van der Waals surface area contributed by atoms with Crippen LogP contribution in [-0.2, 0) is 11.2 Å². The van der Waals surface area contributed by atoms with Gasteiger partial charge in [-0.05, 0) is 70.9 Å². The van der Waals surface area contributed by atoms with E-state index in [0.717, 1.165) is 32.1 Å². The molecule has 0 spiro atoms. The Kier molecular flexibility index (Phi) is 4.99. The summed E-state index contributed by atoms with van der Waals surface area (Å²) >= 11 is 0. The Morgan fingerprint density at radius 3 is 2.44 bits per heavy atom. The summed E-state index contributed by atoms with van der Waals surface area (Å²) in [5.74, 6) is 0. The molecule has 2 heterocycles. The number of anilines is 1. The van der Waals surface area contributed by atoms with Crippen LogP contribution in [0.2, 0.25) is 0 Å². The van der Waals surface area contributed by atoms with Crippen molar-refractivity contribution in [2.75, 3.05) is 5.32 Å². The number of hydrogen-bond donors (Lipinski definition) is 1. The maximum absolute atomic E-state index is 12.6. The van der Waals surface area contributed by atoms with E-state index in [1.165, 1.54) is 16.8 Å². The number of carbonyl (C=O) groups is 1. The van der Waals surface area contributed by atoms with Crippen molar-refractivity contribution in [1.82, 2.24) is 4.90 Å². The van der Waals surface area contributed by atoms with Crippen molar-refractivity contribution in [2.24, 2.45) is 0 Å². The molecule has 2 aliphatic heterocycles. The van der Waals surface area contributed by atoms with E-state index in [-0.39, 0.29) is 6.09 Å².